The molecule has 0 saturated carbocycles. The first-order chi connectivity index (χ1) is 6.35. The molecule has 0 saturated heterocycles. The SMILES string of the molecule is CCC(CBr)CCOCCCOC. The summed E-state index contributed by atoms with van der Waals surface area (Å²) in [6, 6.07) is 0. The largest absolute Gasteiger partial charge is 0.385 e. The average molecular weight is 253 g/mol. The van der Waals surface area contributed by atoms with Crippen LogP contribution in [0.2, 0.25) is 0 Å². The lowest BCUT2D eigenvalue weighted by Gasteiger charge is -2.10. The molecule has 0 amide bonds. The first-order valence-electron chi connectivity index (χ1n) is 4.97. The van der Waals surface area contributed by atoms with E-state index in [-0.39, 0.29) is 0 Å². The standard InChI is InChI=1S/C10H21BrO2/c1-3-10(9-11)5-8-13-7-4-6-12-2/h10H,3-9H2,1-2H3. The summed E-state index contributed by atoms with van der Waals surface area (Å²) < 4.78 is 10.4. The molecule has 0 aliphatic heterocycles. The summed E-state index contributed by atoms with van der Waals surface area (Å²) in [5, 5.41) is 1.09. The highest BCUT2D eigenvalue weighted by Crippen LogP contribution is 2.10. The number of hydrogen-bond acceptors (Lipinski definition) is 2. The van der Waals surface area contributed by atoms with E-state index in [1.165, 1.54) is 6.42 Å². The first kappa shape index (κ1) is 13.4. The van der Waals surface area contributed by atoms with Gasteiger partial charge in [0.15, 0.2) is 0 Å². The van der Waals surface area contributed by atoms with Crippen LogP contribution in [0.25, 0.3) is 0 Å². The summed E-state index contributed by atoms with van der Waals surface area (Å²) in [5.74, 6) is 0.766. The second-order valence-corrected chi connectivity index (χ2v) is 3.82. The molecule has 0 fully saturated rings. The van der Waals surface area contributed by atoms with Gasteiger partial charge in [0.25, 0.3) is 0 Å². The number of alkyl halides is 1. The zero-order valence-electron chi connectivity index (χ0n) is 8.72. The maximum absolute atomic E-state index is 5.47. The molecule has 80 valence electrons. The number of rotatable bonds is 9. The van der Waals surface area contributed by atoms with Crippen molar-refractivity contribution in [2.24, 2.45) is 5.92 Å². The maximum Gasteiger partial charge on any atom is 0.0487 e. The Morgan fingerprint density at radius 2 is 2.00 bits per heavy atom. The molecule has 0 aromatic heterocycles. The Kier molecular flexibility index (Phi) is 10.8. The van der Waals surface area contributed by atoms with Gasteiger partial charge in [-0.25, -0.2) is 0 Å². The zero-order valence-corrected chi connectivity index (χ0v) is 10.3. The van der Waals surface area contributed by atoms with Gasteiger partial charge in [0, 0.05) is 32.3 Å². The fourth-order valence-corrected chi connectivity index (χ4v) is 1.83. The molecular formula is C10H21BrO2. The van der Waals surface area contributed by atoms with Gasteiger partial charge >= 0.3 is 0 Å². The van der Waals surface area contributed by atoms with Crippen LogP contribution in [0.4, 0.5) is 0 Å². The summed E-state index contributed by atoms with van der Waals surface area (Å²) in [5.41, 5.74) is 0. The van der Waals surface area contributed by atoms with E-state index >= 15 is 0 Å². The number of ether oxygens (including phenoxy) is 2. The lowest BCUT2D eigenvalue weighted by Crippen LogP contribution is -2.07. The van der Waals surface area contributed by atoms with E-state index < -0.39 is 0 Å². The van der Waals surface area contributed by atoms with E-state index in [0.717, 1.165) is 43.9 Å². The summed E-state index contributed by atoms with van der Waals surface area (Å²) in [6.45, 7) is 4.73. The van der Waals surface area contributed by atoms with Crippen LogP contribution in [0, 0.1) is 5.92 Å². The van der Waals surface area contributed by atoms with Crippen molar-refractivity contribution in [2.75, 3.05) is 32.3 Å². The van der Waals surface area contributed by atoms with Gasteiger partial charge in [-0.1, -0.05) is 29.3 Å². The lowest BCUT2D eigenvalue weighted by atomic mass is 10.1. The maximum atomic E-state index is 5.47. The predicted molar refractivity (Wildman–Crippen MR) is 59.5 cm³/mol. The molecule has 0 radical (unpaired) electrons. The topological polar surface area (TPSA) is 18.5 Å². The van der Waals surface area contributed by atoms with Gasteiger partial charge in [0.2, 0.25) is 0 Å². The van der Waals surface area contributed by atoms with Crippen molar-refractivity contribution in [3.05, 3.63) is 0 Å². The molecule has 0 N–H and O–H groups in total. The Labute approximate surface area is 90.1 Å². The third-order valence-corrected chi connectivity index (χ3v) is 3.02. The molecule has 0 rings (SSSR count). The van der Waals surface area contributed by atoms with Gasteiger partial charge in [0.05, 0.1) is 0 Å². The van der Waals surface area contributed by atoms with Crippen LogP contribution in [-0.4, -0.2) is 32.3 Å². The van der Waals surface area contributed by atoms with Crippen molar-refractivity contribution in [1.29, 1.82) is 0 Å². The van der Waals surface area contributed by atoms with Gasteiger partial charge in [-0.15, -0.1) is 0 Å². The molecule has 3 heteroatoms. The van der Waals surface area contributed by atoms with Crippen LogP contribution in [0.1, 0.15) is 26.2 Å². The molecule has 0 aromatic rings. The highest BCUT2D eigenvalue weighted by molar-refractivity contribution is 9.09. The first-order valence-corrected chi connectivity index (χ1v) is 6.09. The fourth-order valence-electron chi connectivity index (χ4n) is 1.05. The lowest BCUT2D eigenvalue weighted by molar-refractivity contribution is 0.0950. The van der Waals surface area contributed by atoms with Gasteiger partial charge in [-0.3, -0.25) is 0 Å². The highest BCUT2D eigenvalue weighted by Gasteiger charge is 2.02. The van der Waals surface area contributed by atoms with E-state index in [0.29, 0.717) is 0 Å². The minimum Gasteiger partial charge on any atom is -0.385 e. The molecule has 0 spiro atoms. The van der Waals surface area contributed by atoms with Gasteiger partial charge in [-0.2, -0.15) is 0 Å². The van der Waals surface area contributed by atoms with Crippen molar-refractivity contribution in [1.82, 2.24) is 0 Å². The summed E-state index contributed by atoms with van der Waals surface area (Å²) in [6.07, 6.45) is 3.39. The van der Waals surface area contributed by atoms with E-state index in [4.69, 9.17) is 9.47 Å². The predicted octanol–water partition coefficient (Wildman–Crippen LogP) is 2.85. The summed E-state index contributed by atoms with van der Waals surface area (Å²) >= 11 is 3.49. The third kappa shape index (κ3) is 8.72. The van der Waals surface area contributed by atoms with Crippen LogP contribution in [0.5, 0.6) is 0 Å². The summed E-state index contributed by atoms with van der Waals surface area (Å²) in [7, 11) is 1.72. The normalized spacial score (nSPS) is 13.2. The molecule has 1 unspecified atom stereocenters. The Balaban J connectivity index is 3.05. The second kappa shape index (κ2) is 10.5. The van der Waals surface area contributed by atoms with Gasteiger partial charge < -0.3 is 9.47 Å². The quantitative estimate of drug-likeness (QED) is 0.464. The van der Waals surface area contributed by atoms with E-state index in [2.05, 4.69) is 22.9 Å². The van der Waals surface area contributed by atoms with E-state index in [1.54, 1.807) is 7.11 Å². The molecule has 0 aliphatic carbocycles. The zero-order chi connectivity index (χ0) is 9.94. The van der Waals surface area contributed by atoms with Crippen LogP contribution in [0.3, 0.4) is 0 Å². The smallest absolute Gasteiger partial charge is 0.0487 e. The Morgan fingerprint density at radius 1 is 1.23 bits per heavy atom. The van der Waals surface area contributed by atoms with E-state index in [1.807, 2.05) is 0 Å². The minimum atomic E-state index is 0.766. The molecule has 0 aromatic carbocycles. The van der Waals surface area contributed by atoms with Crippen molar-refractivity contribution < 1.29 is 9.47 Å². The third-order valence-electron chi connectivity index (χ3n) is 2.10. The molecule has 0 heterocycles. The molecule has 1 atom stereocenters. The Morgan fingerprint density at radius 3 is 2.54 bits per heavy atom. The second-order valence-electron chi connectivity index (χ2n) is 3.18. The molecule has 0 aliphatic rings. The van der Waals surface area contributed by atoms with Crippen LogP contribution >= 0.6 is 15.9 Å². The van der Waals surface area contributed by atoms with Crippen LogP contribution < -0.4 is 0 Å². The molecule has 2 nitrogen and oxygen atoms in total. The van der Waals surface area contributed by atoms with Gasteiger partial charge in [0.1, 0.15) is 0 Å². The molecular weight excluding hydrogens is 232 g/mol. The van der Waals surface area contributed by atoms with Crippen LogP contribution in [0.15, 0.2) is 0 Å². The molecule has 13 heavy (non-hydrogen) atoms. The minimum absolute atomic E-state index is 0.766. The van der Waals surface area contributed by atoms with Crippen molar-refractivity contribution in [3.63, 3.8) is 0 Å². The van der Waals surface area contributed by atoms with Gasteiger partial charge in [-0.05, 0) is 18.8 Å². The van der Waals surface area contributed by atoms with Crippen molar-refractivity contribution >= 4 is 15.9 Å². The molecule has 0 bridgehead atoms. The van der Waals surface area contributed by atoms with Crippen molar-refractivity contribution in [2.45, 2.75) is 26.2 Å². The summed E-state index contributed by atoms with van der Waals surface area (Å²) in [4.78, 5) is 0. The van der Waals surface area contributed by atoms with Crippen LogP contribution in [-0.2, 0) is 9.47 Å². The Hall–Kier alpha value is 0.400. The average Bonchev–Trinajstić information content (AvgIpc) is 2.17. The number of methoxy groups -OCH3 is 1. The highest BCUT2D eigenvalue weighted by atomic mass is 79.9. The van der Waals surface area contributed by atoms with E-state index in [9.17, 15) is 0 Å². The Bertz CT molecular complexity index is 94.9. The monoisotopic (exact) mass is 252 g/mol. The number of halogens is 1. The van der Waals surface area contributed by atoms with Crippen molar-refractivity contribution in [3.8, 4) is 0 Å². The fraction of sp³-hybridized carbons (Fsp3) is 1.00. The number of hydrogen-bond donors (Lipinski definition) is 0.